The maximum absolute atomic E-state index is 13.3. The number of hydrogen-bond acceptors (Lipinski definition) is 3. The van der Waals surface area contributed by atoms with Crippen molar-refractivity contribution < 1.29 is 27.1 Å². The second-order valence-corrected chi connectivity index (χ2v) is 8.96. The van der Waals surface area contributed by atoms with E-state index in [0.29, 0.717) is 29.8 Å². The van der Waals surface area contributed by atoms with Gasteiger partial charge in [0, 0.05) is 5.39 Å². The second-order valence-electron chi connectivity index (χ2n) is 8.96. The number of rotatable bonds is 7. The van der Waals surface area contributed by atoms with Crippen molar-refractivity contribution in [3.63, 3.8) is 0 Å². The van der Waals surface area contributed by atoms with Crippen LogP contribution >= 0.6 is 0 Å². The fourth-order valence-electron chi connectivity index (χ4n) is 4.37. The highest BCUT2D eigenvalue weighted by atomic mass is 19.4. The van der Waals surface area contributed by atoms with E-state index in [-0.39, 0.29) is 5.82 Å². The zero-order chi connectivity index (χ0) is 25.5. The van der Waals surface area contributed by atoms with Gasteiger partial charge in [0.25, 0.3) is 0 Å². The summed E-state index contributed by atoms with van der Waals surface area (Å²) in [5.74, 6) is -1.90. The van der Waals surface area contributed by atoms with Gasteiger partial charge < -0.3 is 10.1 Å². The van der Waals surface area contributed by atoms with Gasteiger partial charge in [-0.15, -0.1) is 0 Å². The van der Waals surface area contributed by atoms with Crippen LogP contribution < -0.4 is 10.1 Å². The third-order valence-corrected chi connectivity index (χ3v) is 6.44. The summed E-state index contributed by atoms with van der Waals surface area (Å²) in [4.78, 5) is 11.8. The van der Waals surface area contributed by atoms with Crippen LogP contribution in [0.15, 0.2) is 72.9 Å². The summed E-state index contributed by atoms with van der Waals surface area (Å²) in [6, 6.07) is 18.6. The van der Waals surface area contributed by atoms with Gasteiger partial charge >= 0.3 is 12.1 Å². The first-order chi connectivity index (χ1) is 17.2. The van der Waals surface area contributed by atoms with E-state index < -0.39 is 23.7 Å². The smallest absolute Gasteiger partial charge is 0.471 e. The second kappa shape index (κ2) is 8.96. The van der Waals surface area contributed by atoms with Crippen LogP contribution in [0.25, 0.3) is 16.6 Å². The zero-order valence-electron chi connectivity index (χ0n) is 19.3. The number of benzene rings is 3. The van der Waals surface area contributed by atoms with Crippen molar-refractivity contribution in [3.05, 3.63) is 89.9 Å². The first-order valence-corrected chi connectivity index (χ1v) is 11.6. The molecule has 0 bridgehead atoms. The average Bonchev–Trinajstić information content (AvgIpc) is 3.51. The molecule has 9 heteroatoms. The van der Waals surface area contributed by atoms with Crippen molar-refractivity contribution in [1.82, 2.24) is 15.1 Å². The molecular formula is C27H23F4N3O2. The van der Waals surface area contributed by atoms with Crippen molar-refractivity contribution in [2.75, 3.05) is 0 Å². The molecule has 0 spiro atoms. The van der Waals surface area contributed by atoms with Crippen LogP contribution in [0.1, 0.15) is 37.0 Å². The van der Waals surface area contributed by atoms with E-state index in [9.17, 15) is 22.4 Å². The first-order valence-electron chi connectivity index (χ1n) is 11.6. The Morgan fingerprint density at radius 2 is 1.86 bits per heavy atom. The quantitative estimate of drug-likeness (QED) is 0.316. The summed E-state index contributed by atoms with van der Waals surface area (Å²) in [6.45, 7) is 1.99. The summed E-state index contributed by atoms with van der Waals surface area (Å²) in [6.07, 6.45) is -2.70. The van der Waals surface area contributed by atoms with Crippen molar-refractivity contribution in [3.8, 4) is 11.4 Å². The standard InChI is InChI=1S/C27H23F4N3O2/c1-2-17-4-3-5-18(14-17)24(26(12-13-26)33-25(35)27(29,30)31)36-22-10-11-23-19(15-22)16-32-34(23)21-8-6-20(28)7-9-21/h3-11,14-16,24H,2,12-13H2,1H3,(H,33,35)/t24-/m1/s1. The van der Waals surface area contributed by atoms with Crippen LogP contribution in [0.5, 0.6) is 5.75 Å². The van der Waals surface area contributed by atoms with Gasteiger partial charge in [0.15, 0.2) is 0 Å². The van der Waals surface area contributed by atoms with Crippen LogP contribution in [0.3, 0.4) is 0 Å². The van der Waals surface area contributed by atoms with Crippen LogP contribution in [0.4, 0.5) is 17.6 Å². The van der Waals surface area contributed by atoms with Gasteiger partial charge in [0.1, 0.15) is 17.7 Å². The number of aryl methyl sites for hydroxylation is 1. The molecule has 1 aliphatic carbocycles. The van der Waals surface area contributed by atoms with E-state index in [4.69, 9.17) is 4.74 Å². The van der Waals surface area contributed by atoms with E-state index >= 15 is 0 Å². The normalized spacial score (nSPS) is 15.5. The van der Waals surface area contributed by atoms with Crippen LogP contribution in [0, 0.1) is 5.82 Å². The van der Waals surface area contributed by atoms with Gasteiger partial charge in [-0.05, 0) is 72.9 Å². The van der Waals surface area contributed by atoms with Crippen molar-refractivity contribution in [2.45, 2.75) is 44.0 Å². The highest BCUT2D eigenvalue weighted by molar-refractivity contribution is 5.83. The number of carbonyl (C=O) groups excluding carboxylic acids is 1. The van der Waals surface area contributed by atoms with Crippen LogP contribution in [0.2, 0.25) is 0 Å². The molecule has 0 saturated heterocycles. The lowest BCUT2D eigenvalue weighted by Gasteiger charge is -2.30. The highest BCUT2D eigenvalue weighted by Gasteiger charge is 2.56. The summed E-state index contributed by atoms with van der Waals surface area (Å²) >= 11 is 0. The van der Waals surface area contributed by atoms with Gasteiger partial charge in [-0.25, -0.2) is 9.07 Å². The largest absolute Gasteiger partial charge is 0.483 e. The summed E-state index contributed by atoms with van der Waals surface area (Å²) in [5, 5.41) is 7.31. The predicted octanol–water partition coefficient (Wildman–Crippen LogP) is 6.06. The van der Waals surface area contributed by atoms with Gasteiger partial charge in [-0.3, -0.25) is 4.79 Å². The first kappa shape index (κ1) is 23.8. The van der Waals surface area contributed by atoms with Gasteiger partial charge in [-0.1, -0.05) is 31.2 Å². The Labute approximate surface area is 204 Å². The Morgan fingerprint density at radius 3 is 2.53 bits per heavy atom. The number of halogens is 4. The monoisotopic (exact) mass is 497 g/mol. The Bertz CT molecular complexity index is 1410. The van der Waals surface area contributed by atoms with E-state index in [0.717, 1.165) is 22.9 Å². The zero-order valence-corrected chi connectivity index (χ0v) is 19.3. The fourth-order valence-corrected chi connectivity index (χ4v) is 4.37. The topological polar surface area (TPSA) is 56.1 Å². The number of aromatic nitrogens is 2. The summed E-state index contributed by atoms with van der Waals surface area (Å²) in [7, 11) is 0. The number of nitrogens with zero attached hydrogens (tertiary/aromatic N) is 2. The lowest BCUT2D eigenvalue weighted by atomic mass is 9.97. The predicted molar refractivity (Wildman–Crippen MR) is 126 cm³/mol. The van der Waals surface area contributed by atoms with Crippen molar-refractivity contribution in [1.29, 1.82) is 0 Å². The molecule has 1 atom stereocenters. The highest BCUT2D eigenvalue weighted by Crippen LogP contribution is 2.49. The Hall–Kier alpha value is -3.88. The average molecular weight is 497 g/mol. The Balaban J connectivity index is 1.49. The molecule has 1 amide bonds. The molecule has 186 valence electrons. The van der Waals surface area contributed by atoms with E-state index in [1.807, 2.05) is 25.1 Å². The van der Waals surface area contributed by atoms with Crippen molar-refractivity contribution >= 4 is 16.8 Å². The molecule has 0 unspecified atom stereocenters. The Morgan fingerprint density at radius 1 is 1.11 bits per heavy atom. The van der Waals surface area contributed by atoms with Crippen LogP contribution in [-0.4, -0.2) is 27.4 Å². The molecule has 1 heterocycles. The molecule has 0 aliphatic heterocycles. The molecule has 1 fully saturated rings. The fraction of sp³-hybridized carbons (Fsp3) is 0.259. The molecular weight excluding hydrogens is 474 g/mol. The molecule has 5 rings (SSSR count). The molecule has 36 heavy (non-hydrogen) atoms. The van der Waals surface area contributed by atoms with Gasteiger partial charge in [0.2, 0.25) is 0 Å². The van der Waals surface area contributed by atoms with E-state index in [2.05, 4.69) is 10.4 Å². The van der Waals surface area contributed by atoms with Crippen molar-refractivity contribution in [2.24, 2.45) is 0 Å². The number of ether oxygens (including phenoxy) is 1. The number of nitrogens with one attached hydrogen (secondary N) is 1. The number of carbonyl (C=O) groups is 1. The molecule has 0 radical (unpaired) electrons. The number of hydrogen-bond donors (Lipinski definition) is 1. The minimum Gasteiger partial charge on any atom is -0.483 e. The maximum Gasteiger partial charge on any atom is 0.471 e. The molecule has 1 aromatic heterocycles. The number of fused-ring (bicyclic) bond motifs is 1. The van der Waals surface area contributed by atoms with Gasteiger partial charge in [0.05, 0.1) is 22.9 Å². The molecule has 1 N–H and O–H groups in total. The summed E-state index contributed by atoms with van der Waals surface area (Å²) in [5.41, 5.74) is 1.98. The number of amides is 1. The maximum atomic E-state index is 13.3. The Kier molecular flexibility index (Phi) is 5.94. The molecule has 1 aliphatic rings. The van der Waals surface area contributed by atoms with Gasteiger partial charge in [-0.2, -0.15) is 18.3 Å². The number of alkyl halides is 3. The van der Waals surface area contributed by atoms with E-state index in [1.54, 1.807) is 47.3 Å². The van der Waals surface area contributed by atoms with Crippen LogP contribution in [-0.2, 0) is 11.2 Å². The molecule has 3 aromatic carbocycles. The third kappa shape index (κ3) is 4.65. The molecule has 4 aromatic rings. The molecule has 1 saturated carbocycles. The summed E-state index contributed by atoms with van der Waals surface area (Å²) < 4.78 is 60.5. The molecule has 5 nitrogen and oxygen atoms in total. The van der Waals surface area contributed by atoms with E-state index in [1.165, 1.54) is 12.1 Å². The minimum absolute atomic E-state index is 0.351. The SMILES string of the molecule is CCc1cccc([C@@H](Oc2ccc3c(cnn3-c3ccc(F)cc3)c2)C2(NC(=O)C(F)(F)F)CC2)c1. The lowest BCUT2D eigenvalue weighted by molar-refractivity contribution is -0.175. The lowest BCUT2D eigenvalue weighted by Crippen LogP contribution is -2.48. The minimum atomic E-state index is -4.99. The third-order valence-electron chi connectivity index (χ3n) is 6.44.